The molecule has 16 nitrogen and oxygen atoms in total. The maximum atomic E-state index is 14.2. The highest BCUT2D eigenvalue weighted by Crippen LogP contribution is 2.47. The monoisotopic (exact) mass is 661 g/mol. The van der Waals surface area contributed by atoms with E-state index in [1.165, 1.54) is 31.6 Å². The van der Waals surface area contributed by atoms with Crippen LogP contribution in [0.1, 0.15) is 39.3 Å². The number of rotatable bonds is 12. The highest BCUT2D eigenvalue weighted by molar-refractivity contribution is 7.52. The van der Waals surface area contributed by atoms with Gasteiger partial charge in [0, 0.05) is 26.7 Å². The molecule has 0 spiro atoms. The Kier molecular flexibility index (Phi) is 10.2. The summed E-state index contributed by atoms with van der Waals surface area (Å²) >= 11 is 0. The minimum absolute atomic E-state index is 0.164. The zero-order valence-corrected chi connectivity index (χ0v) is 26.4. The number of anilines is 1. The zero-order valence-electron chi connectivity index (χ0n) is 25.5. The molecule has 17 heteroatoms. The Morgan fingerprint density at radius 3 is 2.54 bits per heavy atom. The van der Waals surface area contributed by atoms with E-state index in [9.17, 15) is 18.9 Å². The third-order valence-corrected chi connectivity index (χ3v) is 9.02. The number of aromatic nitrogens is 3. The number of carbonyl (C=O) groups excluding carboxylic acids is 3. The molecule has 4 heterocycles. The molecule has 3 aromatic rings. The second kappa shape index (κ2) is 14.1. The quantitative estimate of drug-likeness (QED) is 0.163. The van der Waals surface area contributed by atoms with Gasteiger partial charge in [-0.25, -0.2) is 14.1 Å². The molecular formula is C29H36N5O11P. The molecule has 5 rings (SSSR count). The Bertz CT molecular complexity index is 1600. The number of nitrogens with one attached hydrogen (secondary N) is 1. The van der Waals surface area contributed by atoms with E-state index in [1.54, 1.807) is 42.5 Å². The van der Waals surface area contributed by atoms with Crippen molar-refractivity contribution in [2.75, 3.05) is 32.2 Å². The Balaban J connectivity index is 1.41. The molecule has 0 bridgehead atoms. The van der Waals surface area contributed by atoms with Gasteiger partial charge in [-0.2, -0.15) is 10.2 Å². The van der Waals surface area contributed by atoms with Gasteiger partial charge in [0.05, 0.1) is 32.1 Å². The fourth-order valence-electron chi connectivity index (χ4n) is 5.31. The summed E-state index contributed by atoms with van der Waals surface area (Å²) in [6, 6.07) is 10.3. The van der Waals surface area contributed by atoms with Gasteiger partial charge in [-0.15, -0.1) is 0 Å². The largest absolute Gasteiger partial charge is 0.461 e. The van der Waals surface area contributed by atoms with Crippen molar-refractivity contribution < 1.29 is 51.7 Å². The van der Waals surface area contributed by atoms with Crippen molar-refractivity contribution in [3.05, 3.63) is 54.5 Å². The number of esters is 3. The van der Waals surface area contributed by atoms with Gasteiger partial charge in [0.25, 0.3) is 0 Å². The van der Waals surface area contributed by atoms with Crippen molar-refractivity contribution in [3.63, 3.8) is 0 Å². The van der Waals surface area contributed by atoms with Gasteiger partial charge in [0.1, 0.15) is 35.8 Å². The topological polar surface area (TPSA) is 201 Å². The van der Waals surface area contributed by atoms with Crippen LogP contribution in [0.25, 0.3) is 5.52 Å². The van der Waals surface area contributed by atoms with Gasteiger partial charge in [0.2, 0.25) is 5.60 Å². The minimum Gasteiger partial charge on any atom is -0.461 e. The van der Waals surface area contributed by atoms with Crippen LogP contribution in [0.3, 0.4) is 0 Å². The van der Waals surface area contributed by atoms with Crippen molar-refractivity contribution in [3.8, 4) is 5.75 Å². The molecule has 1 aromatic carbocycles. The number of nitrogens with two attached hydrogens (primary N) is 1. The van der Waals surface area contributed by atoms with Gasteiger partial charge in [-0.1, -0.05) is 18.2 Å². The minimum atomic E-state index is -4.34. The fourth-order valence-corrected chi connectivity index (χ4v) is 6.81. The van der Waals surface area contributed by atoms with Gasteiger partial charge < -0.3 is 33.9 Å². The third-order valence-electron chi connectivity index (χ3n) is 7.38. The third kappa shape index (κ3) is 7.48. The van der Waals surface area contributed by atoms with Gasteiger partial charge in [-0.3, -0.25) is 18.9 Å². The van der Waals surface area contributed by atoms with Crippen LogP contribution in [0.2, 0.25) is 0 Å². The van der Waals surface area contributed by atoms with E-state index < -0.39 is 56.1 Å². The van der Waals surface area contributed by atoms with E-state index in [1.807, 2.05) is 0 Å². The highest BCUT2D eigenvalue weighted by atomic mass is 31.2. The lowest BCUT2D eigenvalue weighted by atomic mass is 9.92. The van der Waals surface area contributed by atoms with Crippen molar-refractivity contribution >= 4 is 37.0 Å². The second-order valence-electron chi connectivity index (χ2n) is 10.8. The number of hydrogen-bond donors (Lipinski definition) is 2. The first kappa shape index (κ1) is 33.3. The molecule has 1 unspecified atom stereocenters. The Morgan fingerprint density at radius 2 is 1.85 bits per heavy atom. The molecule has 5 atom stereocenters. The van der Waals surface area contributed by atoms with E-state index in [0.717, 1.165) is 0 Å². The molecule has 0 saturated carbocycles. The lowest BCUT2D eigenvalue weighted by Crippen LogP contribution is -2.49. The molecule has 2 aliphatic rings. The predicted octanol–water partition coefficient (Wildman–Crippen LogP) is 2.30. The number of hydrogen-bond acceptors (Lipinski definition) is 14. The molecule has 2 fully saturated rings. The standard InChI is InChI=1S/C29H36N5O11P/c1-18(28(37)43-21-11-13-39-14-12-21)33-46(38,45-22-7-5-4-6-8-22)41-15-24-26(42-19(2)35)29(16-40-24,44-20(3)36)25-10-9-23-27(30)31-17-32-34(23)25/h4-10,17-18,21,24,26H,11-16H2,1-3H3,(H,33,38)(H2,30,31,32)/t18-,24+,26+,29-,46?/m0/s1. The van der Waals surface area contributed by atoms with Crippen molar-refractivity contribution in [1.82, 2.24) is 19.7 Å². The van der Waals surface area contributed by atoms with E-state index >= 15 is 0 Å². The smallest absolute Gasteiger partial charge is 0.459 e. The highest BCUT2D eigenvalue weighted by Gasteiger charge is 2.58. The Morgan fingerprint density at radius 1 is 1.11 bits per heavy atom. The summed E-state index contributed by atoms with van der Waals surface area (Å²) in [5.41, 5.74) is 5.01. The SMILES string of the molecule is CC(=O)O[C@@H]1[C@@H](COP(=O)(N[C@@H](C)C(=O)OC2CCOCC2)Oc2ccccc2)OC[C@]1(OC(C)=O)c1ccc2c(N)ncnn12. The number of nitrogens with zero attached hydrogens (tertiary/aromatic N) is 3. The maximum Gasteiger partial charge on any atom is 0.459 e. The van der Waals surface area contributed by atoms with Gasteiger partial charge in [0.15, 0.2) is 11.9 Å². The summed E-state index contributed by atoms with van der Waals surface area (Å²) in [5.74, 6) is -1.71. The first-order chi connectivity index (χ1) is 22.0. The average molecular weight is 662 g/mol. The van der Waals surface area contributed by atoms with Crippen LogP contribution in [0.4, 0.5) is 5.82 Å². The van der Waals surface area contributed by atoms with E-state index in [4.69, 9.17) is 38.5 Å². The van der Waals surface area contributed by atoms with Gasteiger partial charge in [-0.05, 0) is 31.2 Å². The summed E-state index contributed by atoms with van der Waals surface area (Å²) in [6.45, 7) is 4.01. The normalized spacial score (nSPS) is 23.7. The fraction of sp³-hybridized carbons (Fsp3) is 0.483. The first-order valence-electron chi connectivity index (χ1n) is 14.6. The number of fused-ring (bicyclic) bond motifs is 1. The van der Waals surface area contributed by atoms with Gasteiger partial charge >= 0.3 is 25.7 Å². The number of nitrogen functional groups attached to an aromatic ring is 1. The first-order valence-corrected chi connectivity index (χ1v) is 16.2. The summed E-state index contributed by atoms with van der Waals surface area (Å²) in [4.78, 5) is 41.7. The second-order valence-corrected chi connectivity index (χ2v) is 12.5. The summed E-state index contributed by atoms with van der Waals surface area (Å²) < 4.78 is 55.6. The maximum absolute atomic E-state index is 14.2. The Hall–Kier alpha value is -4.08. The van der Waals surface area contributed by atoms with Crippen molar-refractivity contribution in [2.24, 2.45) is 0 Å². The number of carbonyl (C=O) groups is 3. The summed E-state index contributed by atoms with van der Waals surface area (Å²) in [7, 11) is -4.34. The van der Waals surface area contributed by atoms with E-state index in [2.05, 4.69) is 15.2 Å². The average Bonchev–Trinajstić information content (AvgIpc) is 3.60. The van der Waals surface area contributed by atoms with E-state index in [-0.39, 0.29) is 30.0 Å². The lowest BCUT2D eigenvalue weighted by Gasteiger charge is -2.33. The zero-order chi connectivity index (χ0) is 32.9. The van der Waals surface area contributed by atoms with Crippen LogP contribution in [0, 0.1) is 0 Å². The van der Waals surface area contributed by atoms with Crippen LogP contribution in [-0.4, -0.2) is 83.3 Å². The van der Waals surface area contributed by atoms with Crippen LogP contribution in [0.5, 0.6) is 5.75 Å². The lowest BCUT2D eigenvalue weighted by molar-refractivity contribution is -0.182. The number of para-hydroxylation sites is 1. The molecule has 0 radical (unpaired) electrons. The van der Waals surface area contributed by atoms with Crippen LogP contribution < -0.4 is 15.3 Å². The Labute approximate surface area is 264 Å². The molecule has 0 aliphatic carbocycles. The number of benzene rings is 1. The predicted molar refractivity (Wildman–Crippen MR) is 159 cm³/mol. The molecule has 2 aliphatic heterocycles. The summed E-state index contributed by atoms with van der Waals surface area (Å²) in [5, 5.41) is 6.89. The van der Waals surface area contributed by atoms with Crippen LogP contribution in [-0.2, 0) is 52.8 Å². The molecule has 0 amide bonds. The van der Waals surface area contributed by atoms with Crippen molar-refractivity contribution in [1.29, 1.82) is 0 Å². The van der Waals surface area contributed by atoms with E-state index in [0.29, 0.717) is 31.6 Å². The molecule has 2 saturated heterocycles. The summed E-state index contributed by atoms with van der Waals surface area (Å²) in [6.07, 6.45) is -0.456. The molecule has 46 heavy (non-hydrogen) atoms. The van der Waals surface area contributed by atoms with Crippen LogP contribution in [0.15, 0.2) is 48.8 Å². The number of ether oxygens (including phenoxy) is 5. The molecular weight excluding hydrogens is 625 g/mol. The van der Waals surface area contributed by atoms with Crippen molar-refractivity contribution in [2.45, 2.75) is 63.6 Å². The van der Waals surface area contributed by atoms with Crippen LogP contribution >= 0.6 is 7.75 Å². The molecule has 3 N–H and O–H groups in total. The molecule has 2 aromatic heterocycles. The molecule has 248 valence electrons.